The maximum absolute atomic E-state index is 10.5. The zero-order valence-electron chi connectivity index (χ0n) is 9.49. The summed E-state index contributed by atoms with van der Waals surface area (Å²) in [6.45, 7) is 0. The molecule has 18 heavy (non-hydrogen) atoms. The van der Waals surface area contributed by atoms with E-state index in [-0.39, 0.29) is 11.1 Å². The zero-order chi connectivity index (χ0) is 13.0. The third-order valence-corrected chi connectivity index (χ3v) is 3.01. The molecular formula is C13H11ClN2O2. The lowest BCUT2D eigenvalue weighted by Crippen LogP contribution is -1.96. The molecule has 0 fully saturated rings. The van der Waals surface area contributed by atoms with E-state index in [1.807, 2.05) is 12.1 Å². The molecule has 0 saturated carbocycles. The molecule has 2 aromatic rings. The van der Waals surface area contributed by atoms with Gasteiger partial charge < -0.3 is 0 Å². The quantitative estimate of drug-likeness (QED) is 0.481. The van der Waals surface area contributed by atoms with Crippen LogP contribution in [0.25, 0.3) is 0 Å². The predicted octanol–water partition coefficient (Wildman–Crippen LogP) is 3.51. The number of hydrogen-bond acceptors (Lipinski definition) is 3. The van der Waals surface area contributed by atoms with Gasteiger partial charge in [0.25, 0.3) is 5.69 Å². The van der Waals surface area contributed by atoms with E-state index in [4.69, 9.17) is 11.6 Å². The van der Waals surface area contributed by atoms with Crippen molar-refractivity contribution in [1.29, 1.82) is 0 Å². The number of rotatable bonds is 4. The van der Waals surface area contributed by atoms with Crippen LogP contribution in [0.1, 0.15) is 16.5 Å². The van der Waals surface area contributed by atoms with E-state index in [1.54, 1.807) is 24.5 Å². The monoisotopic (exact) mass is 262 g/mol. The van der Waals surface area contributed by atoms with Gasteiger partial charge in [0.1, 0.15) is 0 Å². The number of pyridine rings is 1. The Labute approximate surface area is 109 Å². The molecule has 92 valence electrons. The van der Waals surface area contributed by atoms with E-state index < -0.39 is 4.92 Å². The van der Waals surface area contributed by atoms with E-state index >= 15 is 0 Å². The number of halogens is 1. The normalized spacial score (nSPS) is 12.1. The van der Waals surface area contributed by atoms with Crippen molar-refractivity contribution < 1.29 is 4.92 Å². The number of nitrogens with zero attached hydrogens (tertiary/aromatic N) is 2. The largest absolute Gasteiger partial charge is 0.269 e. The van der Waals surface area contributed by atoms with Crippen LogP contribution in [0.3, 0.4) is 0 Å². The average Bonchev–Trinajstić information content (AvgIpc) is 2.40. The summed E-state index contributed by atoms with van der Waals surface area (Å²) in [6.07, 6.45) is 4.04. The van der Waals surface area contributed by atoms with Crippen LogP contribution in [0.2, 0.25) is 0 Å². The van der Waals surface area contributed by atoms with Gasteiger partial charge in [-0.15, -0.1) is 11.6 Å². The molecule has 0 radical (unpaired) electrons. The van der Waals surface area contributed by atoms with E-state index in [2.05, 4.69) is 4.98 Å². The van der Waals surface area contributed by atoms with E-state index in [0.717, 1.165) is 11.1 Å². The second kappa shape index (κ2) is 5.60. The molecule has 0 amide bonds. The van der Waals surface area contributed by atoms with Gasteiger partial charge >= 0.3 is 0 Å². The van der Waals surface area contributed by atoms with Crippen molar-refractivity contribution in [1.82, 2.24) is 4.98 Å². The highest BCUT2D eigenvalue weighted by atomic mass is 35.5. The fraction of sp³-hybridized carbons (Fsp3) is 0.154. The van der Waals surface area contributed by atoms with Crippen LogP contribution in [0.15, 0.2) is 48.8 Å². The number of nitro groups is 1. The average molecular weight is 263 g/mol. The Kier molecular flexibility index (Phi) is 3.89. The second-order valence-electron chi connectivity index (χ2n) is 3.88. The van der Waals surface area contributed by atoms with Crippen LogP contribution in [-0.4, -0.2) is 9.91 Å². The van der Waals surface area contributed by atoms with Gasteiger partial charge in [-0.3, -0.25) is 15.1 Å². The minimum Gasteiger partial charge on any atom is -0.264 e. The Morgan fingerprint density at radius 3 is 2.56 bits per heavy atom. The number of aromatic nitrogens is 1. The van der Waals surface area contributed by atoms with E-state index in [9.17, 15) is 10.1 Å². The van der Waals surface area contributed by atoms with Crippen molar-refractivity contribution >= 4 is 17.3 Å². The maximum Gasteiger partial charge on any atom is 0.269 e. The van der Waals surface area contributed by atoms with Crippen molar-refractivity contribution in [2.75, 3.05) is 0 Å². The molecule has 1 heterocycles. The van der Waals surface area contributed by atoms with Crippen molar-refractivity contribution in [2.45, 2.75) is 11.8 Å². The molecular weight excluding hydrogens is 252 g/mol. The number of nitro benzene ring substituents is 1. The van der Waals surface area contributed by atoms with E-state index in [1.165, 1.54) is 12.1 Å². The van der Waals surface area contributed by atoms with Gasteiger partial charge in [-0.25, -0.2) is 0 Å². The molecule has 1 atom stereocenters. The summed E-state index contributed by atoms with van der Waals surface area (Å²) in [4.78, 5) is 14.1. The standard InChI is InChI=1S/C13H11ClN2O2/c14-13(11-2-1-7-15-9-11)8-10-3-5-12(6-4-10)16(17)18/h1-7,9,13H,8H2. The smallest absolute Gasteiger partial charge is 0.264 e. The van der Waals surface area contributed by atoms with Gasteiger partial charge in [0.15, 0.2) is 0 Å². The summed E-state index contributed by atoms with van der Waals surface area (Å²) in [5, 5.41) is 10.3. The fourth-order valence-corrected chi connectivity index (χ4v) is 1.95. The van der Waals surface area contributed by atoms with Crippen LogP contribution in [0, 0.1) is 10.1 Å². The molecule has 0 aliphatic carbocycles. The molecule has 0 N–H and O–H groups in total. The lowest BCUT2D eigenvalue weighted by molar-refractivity contribution is -0.384. The van der Waals surface area contributed by atoms with Crippen molar-refractivity contribution in [3.05, 3.63) is 70.0 Å². The minimum absolute atomic E-state index is 0.0891. The molecule has 0 saturated heterocycles. The summed E-state index contributed by atoms with van der Waals surface area (Å²) in [5.41, 5.74) is 1.99. The molecule has 5 heteroatoms. The first-order chi connectivity index (χ1) is 8.66. The van der Waals surface area contributed by atoms with Gasteiger partial charge in [0, 0.05) is 24.5 Å². The molecule has 0 aliphatic heterocycles. The van der Waals surface area contributed by atoms with Gasteiger partial charge in [0.05, 0.1) is 10.3 Å². The topological polar surface area (TPSA) is 56.0 Å². The van der Waals surface area contributed by atoms with Gasteiger partial charge in [-0.05, 0) is 23.6 Å². The molecule has 0 spiro atoms. The molecule has 0 bridgehead atoms. The number of non-ortho nitro benzene ring substituents is 1. The van der Waals surface area contributed by atoms with Crippen LogP contribution >= 0.6 is 11.6 Å². The maximum atomic E-state index is 10.5. The molecule has 0 aliphatic rings. The van der Waals surface area contributed by atoms with Gasteiger partial charge in [0.2, 0.25) is 0 Å². The predicted molar refractivity (Wildman–Crippen MR) is 69.6 cm³/mol. The Balaban J connectivity index is 2.08. The van der Waals surface area contributed by atoms with Crippen molar-refractivity contribution in [3.8, 4) is 0 Å². The lowest BCUT2D eigenvalue weighted by atomic mass is 10.1. The number of hydrogen-bond donors (Lipinski definition) is 0. The highest BCUT2D eigenvalue weighted by molar-refractivity contribution is 6.20. The lowest BCUT2D eigenvalue weighted by Gasteiger charge is -2.09. The van der Waals surface area contributed by atoms with Gasteiger partial charge in [-0.2, -0.15) is 0 Å². The number of alkyl halides is 1. The van der Waals surface area contributed by atoms with E-state index in [0.29, 0.717) is 6.42 Å². The van der Waals surface area contributed by atoms with Crippen LogP contribution < -0.4 is 0 Å². The Hall–Kier alpha value is -1.94. The highest BCUT2D eigenvalue weighted by Gasteiger charge is 2.10. The summed E-state index contributed by atoms with van der Waals surface area (Å²) >= 11 is 6.27. The summed E-state index contributed by atoms with van der Waals surface area (Å²) in [7, 11) is 0. The Bertz CT molecular complexity index is 528. The Morgan fingerprint density at radius 2 is 2.00 bits per heavy atom. The summed E-state index contributed by atoms with van der Waals surface area (Å²) in [5.74, 6) is 0. The summed E-state index contributed by atoms with van der Waals surface area (Å²) in [6, 6.07) is 10.2. The van der Waals surface area contributed by atoms with Crippen LogP contribution in [0.4, 0.5) is 5.69 Å². The SMILES string of the molecule is O=[N+]([O-])c1ccc(CC(Cl)c2cccnc2)cc1. The van der Waals surface area contributed by atoms with Crippen molar-refractivity contribution in [3.63, 3.8) is 0 Å². The minimum atomic E-state index is -0.414. The highest BCUT2D eigenvalue weighted by Crippen LogP contribution is 2.25. The van der Waals surface area contributed by atoms with Gasteiger partial charge in [-0.1, -0.05) is 18.2 Å². The third-order valence-electron chi connectivity index (χ3n) is 2.61. The Morgan fingerprint density at radius 1 is 1.28 bits per heavy atom. The number of benzene rings is 1. The molecule has 1 unspecified atom stereocenters. The molecule has 2 rings (SSSR count). The molecule has 1 aromatic heterocycles. The van der Waals surface area contributed by atoms with Crippen LogP contribution in [0.5, 0.6) is 0 Å². The third kappa shape index (κ3) is 3.05. The fourth-order valence-electron chi connectivity index (χ4n) is 1.64. The summed E-state index contributed by atoms with van der Waals surface area (Å²) < 4.78 is 0. The first kappa shape index (κ1) is 12.5. The van der Waals surface area contributed by atoms with Crippen LogP contribution in [-0.2, 0) is 6.42 Å². The van der Waals surface area contributed by atoms with Crippen molar-refractivity contribution in [2.24, 2.45) is 0 Å². The first-order valence-electron chi connectivity index (χ1n) is 5.44. The molecule has 1 aromatic carbocycles. The molecule has 4 nitrogen and oxygen atoms in total. The second-order valence-corrected chi connectivity index (χ2v) is 4.41. The first-order valence-corrected chi connectivity index (χ1v) is 5.88. The zero-order valence-corrected chi connectivity index (χ0v) is 10.2.